The van der Waals surface area contributed by atoms with Crippen LogP contribution in [0.5, 0.6) is 0 Å². The Hall–Kier alpha value is 0.650. The summed E-state index contributed by atoms with van der Waals surface area (Å²) in [6.45, 7) is 0. The van der Waals surface area contributed by atoms with Crippen LogP contribution in [0.15, 0.2) is 0 Å². The quantitative estimate of drug-likeness (QED) is 0.606. The van der Waals surface area contributed by atoms with E-state index >= 15 is 0 Å². The van der Waals surface area contributed by atoms with Crippen molar-refractivity contribution in [2.75, 3.05) is 0 Å². The van der Waals surface area contributed by atoms with Crippen molar-refractivity contribution >= 4 is 46.4 Å². The predicted octanol–water partition coefficient (Wildman–Crippen LogP) is 2.88. The van der Waals surface area contributed by atoms with Gasteiger partial charge in [-0.1, -0.05) is 34.8 Å². The van der Waals surface area contributed by atoms with Crippen LogP contribution in [0.1, 0.15) is 6.42 Å². The molecular weight excluding hydrogens is 204 g/mol. The first-order chi connectivity index (χ1) is 3.95. The molecule has 1 atom stereocenters. The Morgan fingerprint density at radius 1 is 1.44 bits per heavy atom. The van der Waals surface area contributed by atoms with Gasteiger partial charge < -0.3 is 0 Å². The van der Waals surface area contributed by atoms with Gasteiger partial charge in [-0.3, -0.25) is 0 Å². The Morgan fingerprint density at radius 2 is 1.89 bits per heavy atom. The second-order valence-electron chi connectivity index (χ2n) is 1.42. The number of alkyl halides is 4. The molecule has 0 radical (unpaired) electrons. The van der Waals surface area contributed by atoms with Gasteiger partial charge >= 0.3 is 0 Å². The summed E-state index contributed by atoms with van der Waals surface area (Å²) in [5, 5.41) is 7.42. The molecule has 0 saturated heterocycles. The van der Waals surface area contributed by atoms with Crippen molar-refractivity contribution in [1.29, 1.82) is 5.26 Å². The van der Waals surface area contributed by atoms with Gasteiger partial charge in [0.2, 0.25) is 0 Å². The number of rotatable bonds is 1. The Labute approximate surface area is 73.4 Å². The zero-order chi connectivity index (χ0) is 7.49. The summed E-state index contributed by atoms with van der Waals surface area (Å²) < 4.78 is -1.41. The van der Waals surface area contributed by atoms with Crippen molar-refractivity contribution in [2.45, 2.75) is 15.6 Å². The molecule has 9 heavy (non-hydrogen) atoms. The molecule has 52 valence electrons. The van der Waals surface area contributed by atoms with Gasteiger partial charge in [0.05, 0.1) is 6.07 Å². The summed E-state index contributed by atoms with van der Waals surface area (Å²) in [6, 6.07) is 1.73. The molecule has 1 unspecified atom stereocenters. The van der Waals surface area contributed by atoms with E-state index in [0.29, 0.717) is 0 Å². The van der Waals surface area contributed by atoms with Crippen LogP contribution in [0.25, 0.3) is 0 Å². The lowest BCUT2D eigenvalue weighted by atomic mass is 10.3. The number of halogens is 4. The third kappa shape index (κ3) is 6.54. The van der Waals surface area contributed by atoms with Crippen molar-refractivity contribution < 1.29 is 0 Å². The van der Waals surface area contributed by atoms with Gasteiger partial charge in [-0.25, -0.2) is 0 Å². The number of hydrogen-bond donors (Lipinski definition) is 0. The molecule has 0 aromatic rings. The van der Waals surface area contributed by atoms with Gasteiger partial charge in [-0.15, -0.1) is 11.6 Å². The van der Waals surface area contributed by atoms with E-state index in [-0.39, 0.29) is 6.42 Å². The summed E-state index contributed by atoms with van der Waals surface area (Å²) in [7, 11) is 0. The standard InChI is InChI=1S/C4H3Cl4N/c5-3(2-9)1-4(6,7)8/h3H,1H2. The number of nitrogens with zero attached hydrogens (tertiary/aromatic N) is 1. The SMILES string of the molecule is N#CC(Cl)CC(Cl)(Cl)Cl. The Kier molecular flexibility index (Phi) is 4.00. The Balaban J connectivity index is 3.63. The normalized spacial score (nSPS) is 14.6. The monoisotopic (exact) mass is 205 g/mol. The molecule has 0 aliphatic carbocycles. The third-order valence-corrected chi connectivity index (χ3v) is 1.27. The molecule has 0 aliphatic heterocycles. The minimum atomic E-state index is -1.41. The highest BCUT2D eigenvalue weighted by atomic mass is 35.6. The van der Waals surface area contributed by atoms with Crippen molar-refractivity contribution in [1.82, 2.24) is 0 Å². The zero-order valence-electron chi connectivity index (χ0n) is 4.24. The molecule has 0 aromatic carbocycles. The summed E-state index contributed by atoms with van der Waals surface area (Å²) in [5.74, 6) is 0. The van der Waals surface area contributed by atoms with Crippen molar-refractivity contribution in [3.05, 3.63) is 0 Å². The van der Waals surface area contributed by atoms with Gasteiger partial charge in [0.1, 0.15) is 5.38 Å². The topological polar surface area (TPSA) is 23.8 Å². The fraction of sp³-hybridized carbons (Fsp3) is 0.750. The van der Waals surface area contributed by atoms with Gasteiger partial charge in [0.15, 0.2) is 3.79 Å². The molecule has 0 spiro atoms. The smallest absolute Gasteiger partial charge is 0.193 e. The zero-order valence-corrected chi connectivity index (χ0v) is 7.27. The summed E-state index contributed by atoms with van der Waals surface area (Å²) in [6.07, 6.45) is 0.0513. The molecule has 0 amide bonds. The van der Waals surface area contributed by atoms with Gasteiger partial charge in [0, 0.05) is 6.42 Å². The molecule has 0 saturated carbocycles. The van der Waals surface area contributed by atoms with Crippen LogP contribution in [0, 0.1) is 11.3 Å². The average Bonchev–Trinajstić information content (AvgIpc) is 1.62. The molecule has 1 nitrogen and oxygen atoms in total. The van der Waals surface area contributed by atoms with Crippen LogP contribution in [-0.2, 0) is 0 Å². The predicted molar refractivity (Wildman–Crippen MR) is 40.2 cm³/mol. The van der Waals surface area contributed by atoms with Crippen LogP contribution in [0.2, 0.25) is 0 Å². The van der Waals surface area contributed by atoms with E-state index in [1.54, 1.807) is 6.07 Å². The molecule has 0 aliphatic rings. The lowest BCUT2D eigenvalue weighted by Gasteiger charge is -2.08. The van der Waals surface area contributed by atoms with E-state index in [1.807, 2.05) is 0 Å². The fourth-order valence-corrected chi connectivity index (χ4v) is 1.18. The molecule has 0 heterocycles. The first-order valence-corrected chi connectivity index (χ1v) is 3.63. The largest absolute Gasteiger partial charge is 0.197 e. The van der Waals surface area contributed by atoms with Crippen molar-refractivity contribution in [3.63, 3.8) is 0 Å². The molecular formula is C4H3Cl4N. The van der Waals surface area contributed by atoms with Crippen molar-refractivity contribution in [3.8, 4) is 6.07 Å². The highest BCUT2D eigenvalue weighted by Gasteiger charge is 2.23. The molecule has 0 bridgehead atoms. The number of nitriles is 1. The summed E-state index contributed by atoms with van der Waals surface area (Å²) >= 11 is 21.2. The van der Waals surface area contributed by atoms with Gasteiger partial charge in [0.25, 0.3) is 0 Å². The Morgan fingerprint density at radius 3 is 2.00 bits per heavy atom. The highest BCUT2D eigenvalue weighted by Crippen LogP contribution is 2.32. The maximum absolute atomic E-state index is 8.14. The van der Waals surface area contributed by atoms with Crippen LogP contribution in [0.3, 0.4) is 0 Å². The first-order valence-electron chi connectivity index (χ1n) is 2.06. The lowest BCUT2D eigenvalue weighted by molar-refractivity contribution is 0.894. The van der Waals surface area contributed by atoms with E-state index in [1.165, 1.54) is 0 Å². The second-order valence-corrected chi connectivity index (χ2v) is 4.46. The Bertz CT molecular complexity index is 122. The van der Waals surface area contributed by atoms with Crippen LogP contribution < -0.4 is 0 Å². The third-order valence-electron chi connectivity index (χ3n) is 0.551. The van der Waals surface area contributed by atoms with E-state index < -0.39 is 9.17 Å². The van der Waals surface area contributed by atoms with Crippen LogP contribution >= 0.6 is 46.4 Å². The maximum atomic E-state index is 8.14. The highest BCUT2D eigenvalue weighted by molar-refractivity contribution is 6.67. The van der Waals surface area contributed by atoms with Crippen molar-refractivity contribution in [2.24, 2.45) is 0 Å². The number of hydrogen-bond acceptors (Lipinski definition) is 1. The molecule has 0 rings (SSSR count). The van der Waals surface area contributed by atoms with E-state index in [4.69, 9.17) is 51.7 Å². The maximum Gasteiger partial charge on any atom is 0.193 e. The molecule has 0 aromatic heterocycles. The fourth-order valence-electron chi connectivity index (χ4n) is 0.249. The molecule has 0 fully saturated rings. The van der Waals surface area contributed by atoms with Gasteiger partial charge in [-0.05, 0) is 0 Å². The lowest BCUT2D eigenvalue weighted by Crippen LogP contribution is -2.09. The van der Waals surface area contributed by atoms with Gasteiger partial charge in [-0.2, -0.15) is 5.26 Å². The van der Waals surface area contributed by atoms with E-state index in [2.05, 4.69) is 0 Å². The van der Waals surface area contributed by atoms with Crippen LogP contribution in [0.4, 0.5) is 0 Å². The van der Waals surface area contributed by atoms with Crippen LogP contribution in [-0.4, -0.2) is 9.17 Å². The summed E-state index contributed by atoms with van der Waals surface area (Å²) in [4.78, 5) is 0. The molecule has 0 N–H and O–H groups in total. The van der Waals surface area contributed by atoms with E-state index in [0.717, 1.165) is 0 Å². The molecule has 5 heteroatoms. The summed E-state index contributed by atoms with van der Waals surface area (Å²) in [5.41, 5.74) is 0. The minimum absolute atomic E-state index is 0.0513. The second kappa shape index (κ2) is 3.73. The average molecular weight is 207 g/mol. The van der Waals surface area contributed by atoms with E-state index in [9.17, 15) is 0 Å². The first kappa shape index (κ1) is 9.65. The minimum Gasteiger partial charge on any atom is -0.197 e.